The molecule has 8 heteroatoms. The minimum Gasteiger partial charge on any atom is -0.496 e. The van der Waals surface area contributed by atoms with Crippen LogP contribution in [-0.4, -0.2) is 36.6 Å². The number of carbonyl (C=O) groups is 2. The van der Waals surface area contributed by atoms with Crippen molar-refractivity contribution in [2.24, 2.45) is 11.7 Å². The summed E-state index contributed by atoms with van der Waals surface area (Å²) in [5.41, 5.74) is 8.11. The predicted octanol–water partition coefficient (Wildman–Crippen LogP) is 4.09. The topological polar surface area (TPSA) is 89.6 Å². The van der Waals surface area contributed by atoms with Crippen molar-refractivity contribution in [3.05, 3.63) is 71.5 Å². The Balaban J connectivity index is 1.58. The van der Waals surface area contributed by atoms with Gasteiger partial charge in [0.15, 0.2) is 0 Å². The van der Waals surface area contributed by atoms with E-state index in [-0.39, 0.29) is 17.7 Å². The van der Waals surface area contributed by atoms with Crippen molar-refractivity contribution in [3.8, 4) is 11.4 Å². The van der Waals surface area contributed by atoms with Crippen LogP contribution >= 0.6 is 11.6 Å². The van der Waals surface area contributed by atoms with Crippen LogP contribution in [0.3, 0.4) is 0 Å². The average Bonchev–Trinajstić information content (AvgIpc) is 3.34. The number of carbonyl (C=O) groups excluding carboxylic acids is 2. The van der Waals surface area contributed by atoms with E-state index in [0.29, 0.717) is 48.0 Å². The number of methoxy groups -OCH3 is 1. The number of amides is 2. The van der Waals surface area contributed by atoms with Gasteiger partial charge in [-0.15, -0.1) is 0 Å². The normalized spacial score (nSPS) is 14.2. The zero-order chi connectivity index (χ0) is 22.7. The number of aromatic nitrogens is 1. The Labute approximate surface area is 191 Å². The van der Waals surface area contributed by atoms with Gasteiger partial charge >= 0.3 is 0 Å². The quantitative estimate of drug-likeness (QED) is 0.589. The van der Waals surface area contributed by atoms with Gasteiger partial charge in [-0.3, -0.25) is 9.59 Å². The van der Waals surface area contributed by atoms with Gasteiger partial charge < -0.3 is 25.3 Å². The van der Waals surface area contributed by atoms with Crippen molar-refractivity contribution >= 4 is 34.8 Å². The number of halogens is 1. The van der Waals surface area contributed by atoms with Crippen molar-refractivity contribution in [1.82, 2.24) is 4.57 Å². The molecule has 1 fully saturated rings. The number of hydrogen-bond acceptors (Lipinski definition) is 4. The fourth-order valence-electron chi connectivity index (χ4n) is 4.03. The smallest absolute Gasteiger partial charge is 0.259 e. The minimum absolute atomic E-state index is 0.0989. The van der Waals surface area contributed by atoms with E-state index in [4.69, 9.17) is 22.1 Å². The molecule has 7 nitrogen and oxygen atoms in total. The predicted molar refractivity (Wildman–Crippen MR) is 126 cm³/mol. The molecule has 1 aliphatic heterocycles. The van der Waals surface area contributed by atoms with E-state index in [0.717, 1.165) is 11.4 Å². The van der Waals surface area contributed by atoms with Crippen LogP contribution in [0.15, 0.2) is 60.9 Å². The molecule has 0 atom stereocenters. The Hall–Kier alpha value is -3.45. The number of ether oxygens (including phenoxy) is 1. The highest BCUT2D eigenvalue weighted by Crippen LogP contribution is 2.33. The third-order valence-corrected chi connectivity index (χ3v) is 6.09. The molecule has 1 aromatic heterocycles. The fraction of sp³-hybridized carbons (Fsp3) is 0.250. The maximum Gasteiger partial charge on any atom is 0.259 e. The molecule has 3 aromatic rings. The van der Waals surface area contributed by atoms with Gasteiger partial charge in [-0.1, -0.05) is 23.7 Å². The highest BCUT2D eigenvalue weighted by molar-refractivity contribution is 6.33. The summed E-state index contributed by atoms with van der Waals surface area (Å²) in [5.74, 6) is -0.241. The number of nitrogens with two attached hydrogens (primary N) is 1. The molecule has 166 valence electrons. The molecule has 0 bridgehead atoms. The standard InChI is InChI=1S/C24H25ClN4O3/c1-32-22-15-21(28-10-4-5-11-28)18(25)14-17(22)24(31)27-19-6-2-3-7-20(19)29-12-8-16(9-13-29)23(26)30/h2-7,10-11,14-16H,8-9,12-13H2,1H3,(H2,26,30)(H,27,31). The number of anilines is 2. The Morgan fingerprint density at radius 3 is 2.41 bits per heavy atom. The molecule has 2 amide bonds. The molecule has 1 aliphatic rings. The molecule has 3 N–H and O–H groups in total. The van der Waals surface area contributed by atoms with Crippen LogP contribution in [0, 0.1) is 5.92 Å². The maximum atomic E-state index is 13.2. The van der Waals surface area contributed by atoms with Crippen molar-refractivity contribution in [1.29, 1.82) is 0 Å². The van der Waals surface area contributed by atoms with E-state index in [1.54, 1.807) is 12.1 Å². The van der Waals surface area contributed by atoms with E-state index in [9.17, 15) is 9.59 Å². The second-order valence-corrected chi connectivity index (χ2v) is 8.14. The number of nitrogens with one attached hydrogen (secondary N) is 1. The van der Waals surface area contributed by atoms with E-state index in [1.807, 2.05) is 53.4 Å². The lowest BCUT2D eigenvalue weighted by molar-refractivity contribution is -0.122. The van der Waals surface area contributed by atoms with Crippen LogP contribution in [0.2, 0.25) is 5.02 Å². The molecule has 1 saturated heterocycles. The molecule has 0 unspecified atom stereocenters. The first-order valence-corrected chi connectivity index (χ1v) is 10.8. The number of piperidine rings is 1. The number of primary amides is 1. The average molecular weight is 453 g/mol. The van der Waals surface area contributed by atoms with Gasteiger partial charge in [-0.2, -0.15) is 0 Å². The summed E-state index contributed by atoms with van der Waals surface area (Å²) in [6, 6.07) is 14.8. The molecular weight excluding hydrogens is 428 g/mol. The molecule has 2 aromatic carbocycles. The minimum atomic E-state index is -0.317. The Morgan fingerprint density at radius 1 is 1.06 bits per heavy atom. The van der Waals surface area contributed by atoms with Gasteiger partial charge in [0.25, 0.3) is 5.91 Å². The molecule has 0 aliphatic carbocycles. The SMILES string of the molecule is COc1cc(-n2cccc2)c(Cl)cc1C(=O)Nc1ccccc1N1CCC(C(N)=O)CC1. The first kappa shape index (κ1) is 21.8. The molecule has 2 heterocycles. The highest BCUT2D eigenvalue weighted by atomic mass is 35.5. The van der Waals surface area contributed by atoms with Crippen molar-refractivity contribution in [3.63, 3.8) is 0 Å². The molecule has 4 rings (SSSR count). The van der Waals surface area contributed by atoms with Crippen LogP contribution in [0.1, 0.15) is 23.2 Å². The molecular formula is C24H25ClN4O3. The van der Waals surface area contributed by atoms with Crippen LogP contribution in [0.4, 0.5) is 11.4 Å². The van der Waals surface area contributed by atoms with Gasteiger partial charge in [0.1, 0.15) is 5.75 Å². The Bertz CT molecular complexity index is 1120. The summed E-state index contributed by atoms with van der Waals surface area (Å²) in [4.78, 5) is 26.8. The molecule has 0 spiro atoms. The largest absolute Gasteiger partial charge is 0.496 e. The molecule has 32 heavy (non-hydrogen) atoms. The van der Waals surface area contributed by atoms with Gasteiger partial charge in [0.2, 0.25) is 5.91 Å². The van der Waals surface area contributed by atoms with Gasteiger partial charge in [-0.05, 0) is 43.2 Å². The maximum absolute atomic E-state index is 13.2. The number of benzene rings is 2. The monoisotopic (exact) mass is 452 g/mol. The number of rotatable bonds is 6. The first-order chi connectivity index (χ1) is 15.5. The fourth-order valence-corrected chi connectivity index (χ4v) is 4.29. The van der Waals surface area contributed by atoms with Crippen LogP contribution in [-0.2, 0) is 4.79 Å². The second-order valence-electron chi connectivity index (χ2n) is 7.73. The first-order valence-electron chi connectivity index (χ1n) is 10.4. The lowest BCUT2D eigenvalue weighted by atomic mass is 9.96. The summed E-state index contributed by atoms with van der Waals surface area (Å²) in [6.45, 7) is 1.39. The molecule has 0 radical (unpaired) electrons. The lowest BCUT2D eigenvalue weighted by Gasteiger charge is -2.33. The van der Waals surface area contributed by atoms with E-state index >= 15 is 0 Å². The number of para-hydroxylation sites is 2. The van der Waals surface area contributed by atoms with E-state index in [1.165, 1.54) is 7.11 Å². The summed E-state index contributed by atoms with van der Waals surface area (Å²) < 4.78 is 7.35. The summed E-state index contributed by atoms with van der Waals surface area (Å²) >= 11 is 6.49. The zero-order valence-corrected chi connectivity index (χ0v) is 18.5. The highest BCUT2D eigenvalue weighted by Gasteiger charge is 2.25. The summed E-state index contributed by atoms with van der Waals surface area (Å²) in [5, 5.41) is 3.44. The lowest BCUT2D eigenvalue weighted by Crippen LogP contribution is -2.38. The van der Waals surface area contributed by atoms with Crippen LogP contribution in [0.25, 0.3) is 5.69 Å². The van der Waals surface area contributed by atoms with E-state index in [2.05, 4.69) is 10.2 Å². The Kier molecular flexibility index (Phi) is 6.37. The van der Waals surface area contributed by atoms with Crippen molar-refractivity contribution in [2.45, 2.75) is 12.8 Å². The van der Waals surface area contributed by atoms with Gasteiger partial charge in [0, 0.05) is 37.5 Å². The number of nitrogens with zero attached hydrogens (tertiary/aromatic N) is 2. The van der Waals surface area contributed by atoms with Crippen molar-refractivity contribution in [2.75, 3.05) is 30.4 Å². The zero-order valence-electron chi connectivity index (χ0n) is 17.8. The second kappa shape index (κ2) is 9.36. The van der Waals surface area contributed by atoms with Crippen LogP contribution < -0.4 is 20.7 Å². The number of hydrogen-bond donors (Lipinski definition) is 2. The molecule has 0 saturated carbocycles. The van der Waals surface area contributed by atoms with Crippen molar-refractivity contribution < 1.29 is 14.3 Å². The van der Waals surface area contributed by atoms with Crippen LogP contribution in [0.5, 0.6) is 5.75 Å². The van der Waals surface area contributed by atoms with Gasteiger partial charge in [0.05, 0.1) is 34.8 Å². The third-order valence-electron chi connectivity index (χ3n) is 5.79. The Morgan fingerprint density at radius 2 is 1.75 bits per heavy atom. The van der Waals surface area contributed by atoms with Gasteiger partial charge in [-0.25, -0.2) is 0 Å². The van der Waals surface area contributed by atoms with E-state index < -0.39 is 0 Å². The summed E-state index contributed by atoms with van der Waals surface area (Å²) in [7, 11) is 1.52. The summed E-state index contributed by atoms with van der Waals surface area (Å²) in [6.07, 6.45) is 5.14. The third kappa shape index (κ3) is 4.43.